The topological polar surface area (TPSA) is 47.6 Å². The Morgan fingerprint density at radius 1 is 1.17 bits per heavy atom. The van der Waals surface area contributed by atoms with Gasteiger partial charge < -0.3 is 14.8 Å². The molecule has 24 heavy (non-hydrogen) atoms. The summed E-state index contributed by atoms with van der Waals surface area (Å²) in [5, 5.41) is 3.06. The standard InChI is InChI=1S/C20H25NO3/c1-5-18(16-11-12-19(23-4)14(2)13-16)21-20(22)15(3)24-17-9-7-6-8-10-17/h6-13,15,18H,5H2,1-4H3,(H,21,22)/t15-,18-/m1/s1. The van der Waals surface area contributed by atoms with Crippen molar-refractivity contribution in [1.29, 1.82) is 0 Å². The van der Waals surface area contributed by atoms with Crippen LogP contribution in [0.2, 0.25) is 0 Å². The Hall–Kier alpha value is -2.49. The third kappa shape index (κ3) is 4.51. The molecule has 2 aromatic carbocycles. The highest BCUT2D eigenvalue weighted by molar-refractivity contribution is 5.81. The molecular weight excluding hydrogens is 302 g/mol. The number of rotatable bonds is 7. The lowest BCUT2D eigenvalue weighted by Crippen LogP contribution is -2.38. The molecule has 2 atom stereocenters. The SMILES string of the molecule is CC[C@@H](NC(=O)[C@@H](C)Oc1ccccc1)c1ccc(OC)c(C)c1. The van der Waals surface area contributed by atoms with E-state index >= 15 is 0 Å². The van der Waals surface area contributed by atoms with E-state index < -0.39 is 6.10 Å². The molecule has 0 heterocycles. The number of benzene rings is 2. The van der Waals surface area contributed by atoms with Gasteiger partial charge in [-0.1, -0.05) is 37.3 Å². The first kappa shape index (κ1) is 17.9. The van der Waals surface area contributed by atoms with Gasteiger partial charge in [0.2, 0.25) is 0 Å². The molecule has 0 aliphatic rings. The van der Waals surface area contributed by atoms with Gasteiger partial charge in [-0.2, -0.15) is 0 Å². The molecule has 0 spiro atoms. The van der Waals surface area contributed by atoms with Crippen molar-refractivity contribution < 1.29 is 14.3 Å². The molecule has 2 aromatic rings. The third-order valence-electron chi connectivity index (χ3n) is 3.97. The lowest BCUT2D eigenvalue weighted by Gasteiger charge is -2.21. The van der Waals surface area contributed by atoms with Gasteiger partial charge in [-0.15, -0.1) is 0 Å². The summed E-state index contributed by atoms with van der Waals surface area (Å²) in [6.45, 7) is 5.81. The van der Waals surface area contributed by atoms with E-state index in [-0.39, 0.29) is 11.9 Å². The number of para-hydroxylation sites is 1. The second kappa shape index (κ2) is 8.39. The molecule has 0 bridgehead atoms. The fraction of sp³-hybridized carbons (Fsp3) is 0.350. The summed E-state index contributed by atoms with van der Waals surface area (Å²) in [4.78, 5) is 12.4. The highest BCUT2D eigenvalue weighted by Gasteiger charge is 2.19. The maximum Gasteiger partial charge on any atom is 0.261 e. The van der Waals surface area contributed by atoms with Gasteiger partial charge in [0.25, 0.3) is 5.91 Å². The van der Waals surface area contributed by atoms with E-state index in [4.69, 9.17) is 9.47 Å². The van der Waals surface area contributed by atoms with Crippen molar-refractivity contribution in [1.82, 2.24) is 5.32 Å². The zero-order chi connectivity index (χ0) is 17.5. The number of ether oxygens (including phenoxy) is 2. The van der Waals surface area contributed by atoms with E-state index in [2.05, 4.69) is 11.4 Å². The normalized spacial score (nSPS) is 13.0. The summed E-state index contributed by atoms with van der Waals surface area (Å²) >= 11 is 0. The minimum atomic E-state index is -0.555. The molecular formula is C20H25NO3. The van der Waals surface area contributed by atoms with Crippen molar-refractivity contribution in [3.8, 4) is 11.5 Å². The lowest BCUT2D eigenvalue weighted by molar-refractivity contribution is -0.128. The van der Waals surface area contributed by atoms with E-state index in [9.17, 15) is 4.79 Å². The first-order valence-corrected chi connectivity index (χ1v) is 8.21. The number of nitrogens with one attached hydrogen (secondary N) is 1. The van der Waals surface area contributed by atoms with Crippen LogP contribution in [0.15, 0.2) is 48.5 Å². The van der Waals surface area contributed by atoms with Gasteiger partial charge >= 0.3 is 0 Å². The molecule has 0 unspecified atom stereocenters. The van der Waals surface area contributed by atoms with Gasteiger partial charge in [0.1, 0.15) is 11.5 Å². The van der Waals surface area contributed by atoms with Crippen LogP contribution in [0.1, 0.15) is 37.4 Å². The minimum Gasteiger partial charge on any atom is -0.496 e. The molecule has 4 nitrogen and oxygen atoms in total. The molecule has 4 heteroatoms. The second-order valence-corrected chi connectivity index (χ2v) is 5.77. The monoisotopic (exact) mass is 327 g/mol. The molecule has 0 aromatic heterocycles. The van der Waals surface area contributed by atoms with Crippen LogP contribution in [-0.2, 0) is 4.79 Å². The Labute approximate surface area is 143 Å². The summed E-state index contributed by atoms with van der Waals surface area (Å²) in [5.41, 5.74) is 2.12. The number of amides is 1. The van der Waals surface area contributed by atoms with Crippen molar-refractivity contribution >= 4 is 5.91 Å². The van der Waals surface area contributed by atoms with Crippen LogP contribution in [0.4, 0.5) is 0 Å². The number of methoxy groups -OCH3 is 1. The molecule has 0 aliphatic carbocycles. The van der Waals surface area contributed by atoms with E-state index in [1.165, 1.54) is 0 Å². The van der Waals surface area contributed by atoms with Gasteiger partial charge in [0.15, 0.2) is 6.10 Å². The Morgan fingerprint density at radius 3 is 2.46 bits per heavy atom. The number of hydrogen-bond acceptors (Lipinski definition) is 3. The van der Waals surface area contributed by atoms with Crippen molar-refractivity contribution in [2.45, 2.75) is 39.3 Å². The van der Waals surface area contributed by atoms with Crippen LogP contribution in [-0.4, -0.2) is 19.1 Å². The maximum atomic E-state index is 12.4. The van der Waals surface area contributed by atoms with Gasteiger partial charge in [-0.25, -0.2) is 0 Å². The quantitative estimate of drug-likeness (QED) is 0.835. The molecule has 0 radical (unpaired) electrons. The van der Waals surface area contributed by atoms with E-state index in [1.54, 1.807) is 14.0 Å². The first-order valence-electron chi connectivity index (χ1n) is 8.21. The highest BCUT2D eigenvalue weighted by atomic mass is 16.5. The molecule has 0 saturated heterocycles. The van der Waals surface area contributed by atoms with Crippen molar-refractivity contribution in [2.75, 3.05) is 7.11 Å². The predicted molar refractivity (Wildman–Crippen MR) is 95.4 cm³/mol. The summed E-state index contributed by atoms with van der Waals surface area (Å²) in [7, 11) is 1.66. The van der Waals surface area contributed by atoms with Crippen LogP contribution in [0, 0.1) is 6.92 Å². The average molecular weight is 327 g/mol. The van der Waals surface area contributed by atoms with Gasteiger partial charge in [0.05, 0.1) is 13.2 Å². The first-order chi connectivity index (χ1) is 11.5. The van der Waals surface area contributed by atoms with Crippen LogP contribution in [0.25, 0.3) is 0 Å². The predicted octanol–water partition coefficient (Wildman–Crippen LogP) is 4.04. The molecule has 1 N–H and O–H groups in total. The summed E-state index contributed by atoms with van der Waals surface area (Å²) < 4.78 is 11.0. The fourth-order valence-corrected chi connectivity index (χ4v) is 2.59. The van der Waals surface area contributed by atoms with Crippen LogP contribution >= 0.6 is 0 Å². The van der Waals surface area contributed by atoms with Crippen molar-refractivity contribution in [3.05, 3.63) is 59.7 Å². The Balaban J connectivity index is 2.03. The molecule has 0 saturated carbocycles. The van der Waals surface area contributed by atoms with E-state index in [1.807, 2.05) is 56.3 Å². The third-order valence-corrected chi connectivity index (χ3v) is 3.97. The number of carbonyl (C=O) groups excluding carboxylic acids is 1. The molecule has 0 aliphatic heterocycles. The van der Waals surface area contributed by atoms with Crippen molar-refractivity contribution in [3.63, 3.8) is 0 Å². The van der Waals surface area contributed by atoms with Crippen molar-refractivity contribution in [2.24, 2.45) is 0 Å². The van der Waals surface area contributed by atoms with Gasteiger partial charge in [-0.05, 0) is 49.6 Å². The molecule has 0 fully saturated rings. The number of aryl methyl sites for hydroxylation is 1. The minimum absolute atomic E-state index is 0.0519. The van der Waals surface area contributed by atoms with Gasteiger partial charge in [0, 0.05) is 0 Å². The molecule has 2 rings (SSSR count). The Bertz CT molecular complexity index is 670. The highest BCUT2D eigenvalue weighted by Crippen LogP contribution is 2.24. The zero-order valence-electron chi connectivity index (χ0n) is 14.7. The van der Waals surface area contributed by atoms with E-state index in [0.717, 1.165) is 23.3 Å². The molecule has 1 amide bonds. The second-order valence-electron chi connectivity index (χ2n) is 5.77. The smallest absolute Gasteiger partial charge is 0.261 e. The van der Waals surface area contributed by atoms with E-state index in [0.29, 0.717) is 5.75 Å². The summed E-state index contributed by atoms with van der Waals surface area (Å²) in [6.07, 6.45) is 0.246. The molecule has 128 valence electrons. The van der Waals surface area contributed by atoms with Crippen LogP contribution in [0.5, 0.6) is 11.5 Å². The maximum absolute atomic E-state index is 12.4. The lowest BCUT2D eigenvalue weighted by atomic mass is 10.0. The van der Waals surface area contributed by atoms with Gasteiger partial charge in [-0.3, -0.25) is 4.79 Å². The summed E-state index contributed by atoms with van der Waals surface area (Å²) in [5.74, 6) is 1.41. The number of carbonyl (C=O) groups is 1. The average Bonchev–Trinajstić information content (AvgIpc) is 2.60. The summed E-state index contributed by atoms with van der Waals surface area (Å²) in [6, 6.07) is 15.3. The fourth-order valence-electron chi connectivity index (χ4n) is 2.59. The number of hydrogen-bond donors (Lipinski definition) is 1. The van der Waals surface area contributed by atoms with Crippen LogP contribution < -0.4 is 14.8 Å². The largest absolute Gasteiger partial charge is 0.496 e. The Kier molecular flexibility index (Phi) is 6.24. The zero-order valence-corrected chi connectivity index (χ0v) is 14.7. The Morgan fingerprint density at radius 2 is 1.88 bits per heavy atom. The van der Waals surface area contributed by atoms with Crippen LogP contribution in [0.3, 0.4) is 0 Å².